The zero-order chi connectivity index (χ0) is 23.6. The zero-order valence-electron chi connectivity index (χ0n) is 20.0. The predicted molar refractivity (Wildman–Crippen MR) is 133 cm³/mol. The maximum atomic E-state index is 5.43. The van der Waals surface area contributed by atoms with E-state index in [0.29, 0.717) is 18.6 Å². The molecule has 4 heterocycles. The summed E-state index contributed by atoms with van der Waals surface area (Å²) < 4.78 is 7.21. The number of anilines is 1. The molecule has 10 nitrogen and oxygen atoms in total. The summed E-state index contributed by atoms with van der Waals surface area (Å²) in [7, 11) is 1.65. The topological polar surface area (TPSA) is 110 Å². The second-order valence-corrected chi connectivity index (χ2v) is 9.62. The molecule has 1 aliphatic heterocycles. The van der Waals surface area contributed by atoms with Crippen molar-refractivity contribution in [2.75, 3.05) is 25.1 Å². The van der Waals surface area contributed by atoms with E-state index in [9.17, 15) is 0 Å². The molecule has 6 rings (SSSR count). The van der Waals surface area contributed by atoms with Crippen LogP contribution in [0, 0.1) is 0 Å². The molecule has 1 atom stereocenters. The number of nitrogens with one attached hydrogen (secondary N) is 2. The van der Waals surface area contributed by atoms with Gasteiger partial charge in [-0.2, -0.15) is 10.2 Å². The summed E-state index contributed by atoms with van der Waals surface area (Å²) in [5, 5.41) is 29.7. The van der Waals surface area contributed by atoms with Crippen molar-refractivity contribution in [2.24, 2.45) is 0 Å². The number of fused-ring (bicyclic) bond motifs is 1. The molecule has 2 fully saturated rings. The number of aromatic amines is 1. The summed E-state index contributed by atoms with van der Waals surface area (Å²) >= 11 is 0. The Morgan fingerprint density at radius 3 is 2.77 bits per heavy atom. The molecule has 35 heavy (non-hydrogen) atoms. The molecule has 0 amide bonds. The maximum absolute atomic E-state index is 5.43. The molecule has 4 aromatic rings. The number of H-pyrrole nitrogens is 1. The minimum atomic E-state index is 0.505. The fraction of sp³-hybridized carbons (Fsp3) is 0.480. The van der Waals surface area contributed by atoms with Gasteiger partial charge in [-0.25, -0.2) is 4.68 Å². The average molecular weight is 474 g/mol. The lowest BCUT2D eigenvalue weighted by Gasteiger charge is -2.35. The number of ether oxygens (including phenoxy) is 1. The lowest BCUT2D eigenvalue weighted by atomic mass is 10.0. The highest BCUT2D eigenvalue weighted by Crippen LogP contribution is 2.31. The van der Waals surface area contributed by atoms with Crippen molar-refractivity contribution in [1.82, 2.24) is 40.7 Å². The summed E-state index contributed by atoms with van der Waals surface area (Å²) in [6.45, 7) is 2.54. The van der Waals surface area contributed by atoms with Crippen LogP contribution in [0.15, 0.2) is 36.7 Å². The summed E-state index contributed by atoms with van der Waals surface area (Å²) in [6, 6.07) is 9.23. The van der Waals surface area contributed by atoms with Gasteiger partial charge in [0, 0.05) is 42.2 Å². The van der Waals surface area contributed by atoms with Crippen molar-refractivity contribution in [2.45, 2.75) is 57.2 Å². The molecule has 10 heteroatoms. The average Bonchev–Trinajstić information content (AvgIpc) is 3.66. The first kappa shape index (κ1) is 22.0. The van der Waals surface area contributed by atoms with E-state index in [-0.39, 0.29) is 0 Å². The highest BCUT2D eigenvalue weighted by molar-refractivity contribution is 5.94. The van der Waals surface area contributed by atoms with E-state index in [0.717, 1.165) is 52.5 Å². The van der Waals surface area contributed by atoms with Gasteiger partial charge in [0.15, 0.2) is 5.82 Å². The van der Waals surface area contributed by atoms with Gasteiger partial charge >= 0.3 is 0 Å². The molecule has 1 saturated heterocycles. The second-order valence-electron chi connectivity index (χ2n) is 9.62. The third kappa shape index (κ3) is 4.70. The van der Waals surface area contributed by atoms with Crippen LogP contribution in [-0.2, 0) is 6.54 Å². The van der Waals surface area contributed by atoms with Crippen LogP contribution in [0.1, 0.15) is 44.2 Å². The normalized spacial score (nSPS) is 19.0. The van der Waals surface area contributed by atoms with Gasteiger partial charge in [-0.1, -0.05) is 18.1 Å². The van der Waals surface area contributed by atoms with Crippen molar-refractivity contribution < 1.29 is 4.74 Å². The van der Waals surface area contributed by atoms with Gasteiger partial charge in [0.25, 0.3) is 0 Å². The van der Waals surface area contributed by atoms with Gasteiger partial charge < -0.3 is 15.0 Å². The Morgan fingerprint density at radius 1 is 1.06 bits per heavy atom. The van der Waals surface area contributed by atoms with Gasteiger partial charge in [-0.05, 0) is 43.9 Å². The first-order valence-electron chi connectivity index (χ1n) is 12.5. The van der Waals surface area contributed by atoms with E-state index in [1.807, 2.05) is 24.4 Å². The van der Waals surface area contributed by atoms with Gasteiger partial charge in [-0.15, -0.1) is 10.2 Å². The number of rotatable bonds is 7. The molecule has 0 unspecified atom stereocenters. The van der Waals surface area contributed by atoms with E-state index < -0.39 is 0 Å². The second kappa shape index (κ2) is 9.61. The smallest absolute Gasteiger partial charge is 0.151 e. The quantitative estimate of drug-likeness (QED) is 0.421. The van der Waals surface area contributed by atoms with Gasteiger partial charge in [0.1, 0.15) is 11.4 Å². The predicted octanol–water partition coefficient (Wildman–Crippen LogP) is 3.17. The molecule has 1 saturated carbocycles. The Labute approximate surface area is 204 Å². The van der Waals surface area contributed by atoms with Crippen LogP contribution in [0.4, 0.5) is 5.82 Å². The Bertz CT molecular complexity index is 1280. The zero-order valence-corrected chi connectivity index (χ0v) is 20.0. The molecule has 3 aromatic heterocycles. The SMILES string of the molecule is COc1cc(-c2cn(Cc3ccc(N4CCC[C@@H](NC5CCCC5)C4)nn3)nn2)c2cn[nH]c2c1. The molecule has 0 bridgehead atoms. The molecule has 0 radical (unpaired) electrons. The number of hydrogen-bond donors (Lipinski definition) is 2. The number of hydrogen-bond acceptors (Lipinski definition) is 8. The minimum absolute atomic E-state index is 0.505. The number of nitrogens with zero attached hydrogens (tertiary/aromatic N) is 7. The Kier molecular flexibility index (Phi) is 6.03. The number of benzene rings is 1. The van der Waals surface area contributed by atoms with E-state index in [1.165, 1.54) is 38.5 Å². The maximum Gasteiger partial charge on any atom is 0.151 e. The van der Waals surface area contributed by atoms with Crippen LogP contribution >= 0.6 is 0 Å². The van der Waals surface area contributed by atoms with Gasteiger partial charge in [-0.3, -0.25) is 5.10 Å². The van der Waals surface area contributed by atoms with Crippen molar-refractivity contribution in [3.63, 3.8) is 0 Å². The summed E-state index contributed by atoms with van der Waals surface area (Å²) in [5.74, 6) is 1.69. The molecule has 0 spiro atoms. The third-order valence-electron chi connectivity index (χ3n) is 7.18. The van der Waals surface area contributed by atoms with Crippen LogP contribution in [0.5, 0.6) is 5.75 Å². The third-order valence-corrected chi connectivity index (χ3v) is 7.18. The summed E-state index contributed by atoms with van der Waals surface area (Å²) in [5.41, 5.74) is 3.43. The van der Waals surface area contributed by atoms with Gasteiger partial charge in [0.05, 0.1) is 37.3 Å². The number of piperidine rings is 1. The van der Waals surface area contributed by atoms with E-state index in [2.05, 4.69) is 47.0 Å². The van der Waals surface area contributed by atoms with Gasteiger partial charge in [0.2, 0.25) is 0 Å². The molecular weight excluding hydrogens is 442 g/mol. The highest BCUT2D eigenvalue weighted by atomic mass is 16.5. The van der Waals surface area contributed by atoms with Crippen molar-refractivity contribution in [3.05, 3.63) is 42.4 Å². The number of methoxy groups -OCH3 is 1. The summed E-state index contributed by atoms with van der Waals surface area (Å²) in [6.07, 6.45) is 11.5. The van der Waals surface area contributed by atoms with Crippen LogP contribution in [-0.4, -0.2) is 67.7 Å². The molecule has 182 valence electrons. The van der Waals surface area contributed by atoms with Crippen LogP contribution in [0.2, 0.25) is 0 Å². The van der Waals surface area contributed by atoms with E-state index in [1.54, 1.807) is 18.0 Å². The number of aromatic nitrogens is 7. The Balaban J connectivity index is 1.13. The lowest BCUT2D eigenvalue weighted by Crippen LogP contribution is -2.48. The van der Waals surface area contributed by atoms with Crippen molar-refractivity contribution in [3.8, 4) is 17.0 Å². The van der Waals surface area contributed by atoms with Crippen LogP contribution in [0.25, 0.3) is 22.2 Å². The van der Waals surface area contributed by atoms with Crippen LogP contribution < -0.4 is 15.0 Å². The molecule has 1 aliphatic carbocycles. The summed E-state index contributed by atoms with van der Waals surface area (Å²) in [4.78, 5) is 2.36. The first-order valence-corrected chi connectivity index (χ1v) is 12.5. The van der Waals surface area contributed by atoms with Crippen molar-refractivity contribution >= 4 is 16.7 Å². The lowest BCUT2D eigenvalue weighted by molar-refractivity contribution is 0.373. The highest BCUT2D eigenvalue weighted by Gasteiger charge is 2.25. The standard InChI is InChI=1S/C25H31N9O/c1-35-20-11-21(22-13-26-29-23(22)12-20)24-16-34(32-30-24)15-19-8-9-25(31-28-19)33-10-4-7-18(14-33)27-17-5-2-3-6-17/h8-9,11-13,16-18,27H,2-7,10,14-15H2,1H3,(H,26,29)/t18-/m1/s1. The van der Waals surface area contributed by atoms with Crippen molar-refractivity contribution in [1.29, 1.82) is 0 Å². The fourth-order valence-corrected chi connectivity index (χ4v) is 5.37. The molecular formula is C25H31N9O. The molecule has 2 N–H and O–H groups in total. The fourth-order valence-electron chi connectivity index (χ4n) is 5.37. The minimum Gasteiger partial charge on any atom is -0.497 e. The van der Waals surface area contributed by atoms with E-state index in [4.69, 9.17) is 4.74 Å². The molecule has 1 aromatic carbocycles. The monoisotopic (exact) mass is 473 g/mol. The Morgan fingerprint density at radius 2 is 1.94 bits per heavy atom. The first-order chi connectivity index (χ1) is 17.2. The van der Waals surface area contributed by atoms with Crippen LogP contribution in [0.3, 0.4) is 0 Å². The Hall–Kier alpha value is -3.53. The van der Waals surface area contributed by atoms with E-state index >= 15 is 0 Å². The largest absolute Gasteiger partial charge is 0.497 e. The molecule has 2 aliphatic rings.